The Hall–Kier alpha value is -1.09. The summed E-state index contributed by atoms with van der Waals surface area (Å²) in [4.78, 5) is 42.5. The summed E-state index contributed by atoms with van der Waals surface area (Å²) in [5, 5.41) is 38.8. The van der Waals surface area contributed by atoms with Crippen LogP contribution >= 0.6 is 0 Å². The van der Waals surface area contributed by atoms with E-state index >= 15 is 0 Å². The first kappa shape index (κ1) is 38.5. The van der Waals surface area contributed by atoms with E-state index in [9.17, 15) is 29.4 Å². The minimum atomic E-state index is -1.29. The van der Waals surface area contributed by atoms with Gasteiger partial charge in [-0.15, -0.1) is 13.2 Å². The van der Waals surface area contributed by atoms with Gasteiger partial charge in [0.05, 0.1) is 23.8 Å². The minimum absolute atomic E-state index is 0. The molecule has 0 rings (SSSR count). The van der Waals surface area contributed by atoms with Gasteiger partial charge in [-0.05, 0) is 24.7 Å². The molecule has 0 saturated heterocycles. The summed E-state index contributed by atoms with van der Waals surface area (Å²) in [6.07, 6.45) is 0. The van der Waals surface area contributed by atoms with Gasteiger partial charge in [0.25, 0.3) is 0 Å². The van der Waals surface area contributed by atoms with Crippen molar-refractivity contribution < 1.29 is 61.3 Å². The molecule has 2 atom stereocenters. The molecule has 8 nitrogen and oxygen atoms in total. The van der Waals surface area contributed by atoms with Crippen LogP contribution in [0.1, 0.15) is 69.2 Å². The Morgan fingerprint density at radius 1 is 0.655 bits per heavy atom. The van der Waals surface area contributed by atoms with Crippen molar-refractivity contribution in [3.05, 3.63) is 0 Å². The fourth-order valence-corrected chi connectivity index (χ4v) is 2.26. The van der Waals surface area contributed by atoms with Crippen molar-refractivity contribution in [3.63, 3.8) is 0 Å². The van der Waals surface area contributed by atoms with E-state index in [2.05, 4.69) is 0 Å². The van der Waals surface area contributed by atoms with Crippen LogP contribution in [0.25, 0.3) is 0 Å². The van der Waals surface area contributed by atoms with Crippen molar-refractivity contribution in [2.45, 2.75) is 69.2 Å². The number of Topliss-reactive ketones (excluding diaryl/α,β-unsaturated/α-hetero) is 2. The summed E-state index contributed by atoms with van der Waals surface area (Å²) >= 11 is 0. The second-order valence-corrected chi connectivity index (χ2v) is 8.03. The van der Waals surface area contributed by atoms with Crippen molar-refractivity contribution in [2.75, 3.05) is 13.2 Å². The molecule has 0 aromatic carbocycles. The molecule has 0 saturated carbocycles. The first-order valence-electron chi connectivity index (χ1n) is 8.95. The summed E-state index contributed by atoms with van der Waals surface area (Å²) in [6.45, 7) is 15.9. The van der Waals surface area contributed by atoms with Crippen LogP contribution < -0.4 is 20.4 Å². The van der Waals surface area contributed by atoms with Gasteiger partial charge in [0.15, 0.2) is 0 Å². The predicted molar refractivity (Wildman–Crippen MR) is 98.3 cm³/mol. The number of carbonyl (C=O) groups is 4. The predicted octanol–water partition coefficient (Wildman–Crippen LogP) is -1.29. The van der Waals surface area contributed by atoms with Gasteiger partial charge in [-0.3, -0.25) is 9.59 Å². The van der Waals surface area contributed by atoms with E-state index in [1.54, 1.807) is 55.4 Å². The Labute approximate surface area is 190 Å². The Balaban J connectivity index is -0.000000101. The zero-order valence-corrected chi connectivity index (χ0v) is 20.9. The molecule has 2 unspecified atom stereocenters. The summed E-state index contributed by atoms with van der Waals surface area (Å²) in [5.41, 5.74) is -1.10. The molecule has 0 N–H and O–H groups in total. The third-order valence-corrected chi connectivity index (χ3v) is 3.02. The molecule has 0 aliphatic carbocycles. The number of carbonyl (C=O) groups excluding carboxylic acids is 4. The number of carboxylic acid groups (broad SMARTS) is 2. The average molecular weight is 452 g/mol. The molecule has 0 fully saturated rings. The third-order valence-electron chi connectivity index (χ3n) is 3.02. The second kappa shape index (κ2) is 18.9. The number of rotatable bonds is 4. The van der Waals surface area contributed by atoms with Crippen LogP contribution in [0.5, 0.6) is 0 Å². The van der Waals surface area contributed by atoms with E-state index in [0.717, 1.165) is 0 Å². The zero-order valence-electron chi connectivity index (χ0n) is 19.3. The largest absolute Gasteiger partial charge is 4.00 e. The Kier molecular flexibility index (Phi) is 25.1. The molecule has 0 spiro atoms. The molecule has 0 aromatic rings. The van der Waals surface area contributed by atoms with Crippen LogP contribution in [-0.2, 0) is 40.9 Å². The van der Waals surface area contributed by atoms with E-state index < -0.39 is 34.6 Å². The second-order valence-electron chi connectivity index (χ2n) is 8.03. The van der Waals surface area contributed by atoms with Gasteiger partial charge in [0, 0.05) is 0 Å². The van der Waals surface area contributed by atoms with Crippen LogP contribution in [-0.4, -0.2) is 36.7 Å². The summed E-state index contributed by atoms with van der Waals surface area (Å²) < 4.78 is 0. The van der Waals surface area contributed by atoms with Crippen molar-refractivity contribution in [2.24, 2.45) is 22.7 Å². The molecule has 0 aliphatic rings. The molecule has 0 radical (unpaired) electrons. The normalized spacial score (nSPS) is 12.0. The molecule has 0 heterocycles. The third kappa shape index (κ3) is 23.1. The molecule has 0 aliphatic heterocycles. The van der Waals surface area contributed by atoms with Gasteiger partial charge in [-0.25, -0.2) is 0 Å². The number of hydrogen-bond acceptors (Lipinski definition) is 8. The van der Waals surface area contributed by atoms with E-state index in [4.69, 9.17) is 10.2 Å². The summed E-state index contributed by atoms with van der Waals surface area (Å²) in [6, 6.07) is 0. The maximum Gasteiger partial charge on any atom is 4.00 e. The van der Waals surface area contributed by atoms with E-state index in [0.29, 0.717) is 0 Å². The topological polar surface area (TPSA) is 161 Å². The van der Waals surface area contributed by atoms with Crippen molar-refractivity contribution in [1.29, 1.82) is 0 Å². The molecular formula is C20H36O8Ti. The molecule has 9 heteroatoms. The molecule has 0 aromatic heterocycles. The van der Waals surface area contributed by atoms with E-state index in [1.807, 2.05) is 0 Å². The van der Waals surface area contributed by atoms with Gasteiger partial charge in [-0.1, -0.05) is 55.4 Å². The van der Waals surface area contributed by atoms with Crippen LogP contribution in [0.15, 0.2) is 0 Å². The number of aliphatic carboxylic acids is 2. The van der Waals surface area contributed by atoms with Crippen molar-refractivity contribution >= 4 is 23.5 Å². The standard InChI is InChI=1S/2C8H14O3.2C2H5O.Ti/c2*1-5(9)6(7(10)11)8(2,3)4;2*1-2-3;/h2*6H,1-4H3,(H,10,11);2*2H2,1H3;/q;;2*-1;+4/p-2. The Morgan fingerprint density at radius 3 is 0.793 bits per heavy atom. The SMILES string of the molecule is CC(=O)C(C(=O)[O-])C(C)(C)C.CC(=O)C(C(=O)[O-])C(C)(C)C.CC[O-].CC[O-].[Ti+4]. The average Bonchev–Trinajstić information content (AvgIpc) is 2.34. The number of hydrogen-bond donors (Lipinski definition) is 0. The van der Waals surface area contributed by atoms with Gasteiger partial charge in [0.1, 0.15) is 11.6 Å². The summed E-state index contributed by atoms with van der Waals surface area (Å²) in [5.74, 6) is -5.27. The molecule has 29 heavy (non-hydrogen) atoms. The number of carboxylic acids is 2. The van der Waals surface area contributed by atoms with Crippen molar-refractivity contribution in [3.8, 4) is 0 Å². The van der Waals surface area contributed by atoms with Crippen LogP contribution in [0, 0.1) is 22.7 Å². The Morgan fingerprint density at radius 2 is 0.793 bits per heavy atom. The molecule has 168 valence electrons. The fourth-order valence-electron chi connectivity index (χ4n) is 2.26. The van der Waals surface area contributed by atoms with Gasteiger partial charge >= 0.3 is 21.7 Å². The first-order valence-corrected chi connectivity index (χ1v) is 8.95. The fraction of sp³-hybridized carbons (Fsp3) is 0.800. The summed E-state index contributed by atoms with van der Waals surface area (Å²) in [7, 11) is 0. The zero-order chi connectivity index (χ0) is 23.9. The smallest absolute Gasteiger partial charge is 0.855 e. The molecule has 0 amide bonds. The minimum Gasteiger partial charge on any atom is -0.855 e. The van der Waals surface area contributed by atoms with Gasteiger partial charge in [-0.2, -0.15) is 0 Å². The van der Waals surface area contributed by atoms with Crippen LogP contribution in [0.4, 0.5) is 0 Å². The van der Waals surface area contributed by atoms with Gasteiger partial charge in [0.2, 0.25) is 0 Å². The maximum atomic E-state index is 10.8. The van der Waals surface area contributed by atoms with Crippen molar-refractivity contribution in [1.82, 2.24) is 0 Å². The van der Waals surface area contributed by atoms with Crippen LogP contribution in [0.2, 0.25) is 0 Å². The Bertz CT molecular complexity index is 404. The number of ketones is 2. The quantitative estimate of drug-likeness (QED) is 0.376. The monoisotopic (exact) mass is 452 g/mol. The molecular weight excluding hydrogens is 416 g/mol. The van der Waals surface area contributed by atoms with Gasteiger partial charge < -0.3 is 30.0 Å². The first-order chi connectivity index (χ1) is 12.4. The van der Waals surface area contributed by atoms with E-state index in [-0.39, 0.29) is 46.5 Å². The maximum absolute atomic E-state index is 10.8. The molecule has 0 bridgehead atoms. The van der Waals surface area contributed by atoms with E-state index in [1.165, 1.54) is 13.8 Å². The van der Waals surface area contributed by atoms with Crippen LogP contribution in [0.3, 0.4) is 0 Å².